The molecule has 5 heteroatoms. The molecule has 166 valence electrons. The number of rotatable bonds is 13. The fourth-order valence-electron chi connectivity index (χ4n) is 3.09. The van der Waals surface area contributed by atoms with Crippen molar-refractivity contribution >= 4 is 11.9 Å². The van der Waals surface area contributed by atoms with Crippen molar-refractivity contribution in [3.63, 3.8) is 0 Å². The molecule has 0 spiro atoms. The van der Waals surface area contributed by atoms with Gasteiger partial charge in [-0.3, -0.25) is 0 Å². The van der Waals surface area contributed by atoms with E-state index in [1.54, 1.807) is 25.1 Å². The second-order valence-electron chi connectivity index (χ2n) is 7.30. The standard InChI is InChI=1S/C26H31FO4/c1-2-30-25(28)22-17-15-21(16-18-22)12-9-7-5-3-4-6-8-10-19-31-26(29)23-13-11-14-24(27)20-23/h7,9,11,13-18,20H,2-6,8,10,12,19H2,1H3/b9-7+. The van der Waals surface area contributed by atoms with Crippen LogP contribution in [0.5, 0.6) is 0 Å². The zero-order valence-corrected chi connectivity index (χ0v) is 18.1. The number of carbonyl (C=O) groups excluding carboxylic acids is 2. The van der Waals surface area contributed by atoms with E-state index in [-0.39, 0.29) is 11.5 Å². The first kappa shape index (κ1) is 24.3. The van der Waals surface area contributed by atoms with Gasteiger partial charge in [0.05, 0.1) is 24.3 Å². The molecule has 0 fully saturated rings. The van der Waals surface area contributed by atoms with E-state index in [4.69, 9.17) is 9.47 Å². The van der Waals surface area contributed by atoms with Crippen LogP contribution in [0.15, 0.2) is 60.7 Å². The molecule has 0 radical (unpaired) electrons. The van der Waals surface area contributed by atoms with Gasteiger partial charge in [-0.15, -0.1) is 0 Å². The topological polar surface area (TPSA) is 52.6 Å². The van der Waals surface area contributed by atoms with Gasteiger partial charge in [0.1, 0.15) is 5.82 Å². The van der Waals surface area contributed by atoms with E-state index in [0.717, 1.165) is 50.5 Å². The third-order valence-electron chi connectivity index (χ3n) is 4.79. The minimum absolute atomic E-state index is 0.252. The third kappa shape index (κ3) is 9.60. The summed E-state index contributed by atoms with van der Waals surface area (Å²) in [6.45, 7) is 2.54. The Morgan fingerprint density at radius 3 is 2.29 bits per heavy atom. The average Bonchev–Trinajstić information content (AvgIpc) is 2.78. The van der Waals surface area contributed by atoms with Gasteiger partial charge in [0, 0.05) is 0 Å². The number of hydrogen-bond donors (Lipinski definition) is 0. The number of hydrogen-bond acceptors (Lipinski definition) is 4. The van der Waals surface area contributed by atoms with Gasteiger partial charge in [0.25, 0.3) is 0 Å². The summed E-state index contributed by atoms with van der Waals surface area (Å²) in [6, 6.07) is 13.1. The maximum absolute atomic E-state index is 13.1. The molecule has 0 atom stereocenters. The summed E-state index contributed by atoms with van der Waals surface area (Å²) in [5.41, 5.74) is 2.00. The Morgan fingerprint density at radius 2 is 1.55 bits per heavy atom. The van der Waals surface area contributed by atoms with Crippen LogP contribution in [0.1, 0.15) is 71.7 Å². The zero-order chi connectivity index (χ0) is 22.3. The molecule has 0 aliphatic rings. The molecule has 0 aromatic heterocycles. The van der Waals surface area contributed by atoms with Gasteiger partial charge >= 0.3 is 11.9 Å². The fraction of sp³-hybridized carbons (Fsp3) is 0.385. The van der Waals surface area contributed by atoms with E-state index in [1.165, 1.54) is 18.2 Å². The minimum Gasteiger partial charge on any atom is -0.462 e. The highest BCUT2D eigenvalue weighted by Gasteiger charge is 2.07. The Balaban J connectivity index is 1.48. The lowest BCUT2D eigenvalue weighted by Crippen LogP contribution is -2.06. The second-order valence-corrected chi connectivity index (χ2v) is 7.30. The molecule has 4 nitrogen and oxygen atoms in total. The molecule has 0 aliphatic heterocycles. The number of ether oxygens (including phenoxy) is 2. The largest absolute Gasteiger partial charge is 0.462 e. The van der Waals surface area contributed by atoms with E-state index >= 15 is 0 Å². The fourth-order valence-corrected chi connectivity index (χ4v) is 3.09. The Labute approximate surface area is 184 Å². The molecule has 31 heavy (non-hydrogen) atoms. The van der Waals surface area contributed by atoms with Crippen molar-refractivity contribution in [3.8, 4) is 0 Å². The first-order valence-electron chi connectivity index (χ1n) is 10.9. The SMILES string of the molecule is CCOC(=O)c1ccc(C/C=C/CCCCCCCOC(=O)c2cccc(F)c2)cc1. The summed E-state index contributed by atoms with van der Waals surface area (Å²) >= 11 is 0. The van der Waals surface area contributed by atoms with Crippen molar-refractivity contribution in [2.24, 2.45) is 0 Å². The van der Waals surface area contributed by atoms with Crippen molar-refractivity contribution in [2.75, 3.05) is 13.2 Å². The number of carbonyl (C=O) groups is 2. The maximum atomic E-state index is 13.1. The van der Waals surface area contributed by atoms with Crippen LogP contribution in [0, 0.1) is 5.82 Å². The molecule has 0 bridgehead atoms. The zero-order valence-electron chi connectivity index (χ0n) is 18.1. The Bertz CT molecular complexity index is 843. The van der Waals surface area contributed by atoms with Gasteiger partial charge in [0.15, 0.2) is 0 Å². The number of unbranched alkanes of at least 4 members (excludes halogenated alkanes) is 5. The van der Waals surface area contributed by atoms with Gasteiger partial charge in [-0.25, -0.2) is 14.0 Å². The molecule has 2 rings (SSSR count). The van der Waals surface area contributed by atoms with Crippen LogP contribution in [0.2, 0.25) is 0 Å². The molecule has 2 aromatic rings. The average molecular weight is 427 g/mol. The predicted octanol–water partition coefficient (Wildman–Crippen LogP) is 6.30. The summed E-state index contributed by atoms with van der Waals surface area (Å²) in [5, 5.41) is 0. The normalized spacial score (nSPS) is 10.9. The molecular formula is C26H31FO4. The molecular weight excluding hydrogens is 395 g/mol. The van der Waals surface area contributed by atoms with Crippen LogP contribution in [0.25, 0.3) is 0 Å². The van der Waals surface area contributed by atoms with Crippen LogP contribution >= 0.6 is 0 Å². The van der Waals surface area contributed by atoms with Crippen LogP contribution in [0.4, 0.5) is 4.39 Å². The molecule has 0 aliphatic carbocycles. The van der Waals surface area contributed by atoms with Crippen molar-refractivity contribution < 1.29 is 23.5 Å². The quantitative estimate of drug-likeness (QED) is 0.214. The first-order valence-corrected chi connectivity index (χ1v) is 10.9. The maximum Gasteiger partial charge on any atom is 0.338 e. The second kappa shape index (κ2) is 14.1. The number of benzene rings is 2. The van der Waals surface area contributed by atoms with E-state index in [9.17, 15) is 14.0 Å². The first-order chi connectivity index (χ1) is 15.1. The van der Waals surface area contributed by atoms with Gasteiger partial charge < -0.3 is 9.47 Å². The van der Waals surface area contributed by atoms with E-state index in [0.29, 0.717) is 18.8 Å². The molecule has 0 saturated carbocycles. The van der Waals surface area contributed by atoms with Crippen LogP contribution in [-0.4, -0.2) is 25.2 Å². The highest BCUT2D eigenvalue weighted by Crippen LogP contribution is 2.10. The minimum atomic E-state index is -0.472. The number of halogens is 1. The van der Waals surface area contributed by atoms with E-state index < -0.39 is 11.8 Å². The van der Waals surface area contributed by atoms with Gasteiger partial charge in [0.2, 0.25) is 0 Å². The van der Waals surface area contributed by atoms with Crippen molar-refractivity contribution in [1.82, 2.24) is 0 Å². The van der Waals surface area contributed by atoms with E-state index in [2.05, 4.69) is 12.2 Å². The van der Waals surface area contributed by atoms with Gasteiger partial charge in [-0.1, -0.05) is 49.6 Å². The van der Waals surface area contributed by atoms with Crippen molar-refractivity contribution in [2.45, 2.75) is 51.9 Å². The monoisotopic (exact) mass is 426 g/mol. The van der Waals surface area contributed by atoms with Crippen LogP contribution < -0.4 is 0 Å². The van der Waals surface area contributed by atoms with E-state index in [1.807, 2.05) is 12.1 Å². The molecule has 0 heterocycles. The third-order valence-corrected chi connectivity index (χ3v) is 4.79. The number of esters is 2. The highest BCUT2D eigenvalue weighted by atomic mass is 19.1. The highest BCUT2D eigenvalue weighted by molar-refractivity contribution is 5.89. The molecule has 0 amide bonds. The lowest BCUT2D eigenvalue weighted by molar-refractivity contribution is 0.0494. The van der Waals surface area contributed by atoms with Crippen molar-refractivity contribution in [1.29, 1.82) is 0 Å². The molecule has 2 aromatic carbocycles. The summed E-state index contributed by atoms with van der Waals surface area (Å²) in [6.07, 6.45) is 11.4. The van der Waals surface area contributed by atoms with Gasteiger partial charge in [-0.2, -0.15) is 0 Å². The summed E-state index contributed by atoms with van der Waals surface area (Å²) in [7, 11) is 0. The molecule has 0 unspecified atom stereocenters. The summed E-state index contributed by atoms with van der Waals surface area (Å²) in [5.74, 6) is -1.19. The Hall–Kier alpha value is -2.95. The summed E-state index contributed by atoms with van der Waals surface area (Å²) in [4.78, 5) is 23.4. The molecule has 0 saturated heterocycles. The smallest absolute Gasteiger partial charge is 0.338 e. The lowest BCUT2D eigenvalue weighted by Gasteiger charge is -2.05. The van der Waals surface area contributed by atoms with Crippen LogP contribution in [-0.2, 0) is 15.9 Å². The number of allylic oxidation sites excluding steroid dienone is 2. The summed E-state index contributed by atoms with van der Waals surface area (Å²) < 4.78 is 23.2. The molecule has 0 N–H and O–H groups in total. The Kier molecular flexibility index (Phi) is 11.1. The van der Waals surface area contributed by atoms with Gasteiger partial charge in [-0.05, 0) is 68.5 Å². The lowest BCUT2D eigenvalue weighted by atomic mass is 10.1. The van der Waals surface area contributed by atoms with Crippen LogP contribution in [0.3, 0.4) is 0 Å². The Morgan fingerprint density at radius 1 is 0.839 bits per heavy atom. The predicted molar refractivity (Wildman–Crippen MR) is 120 cm³/mol. The van der Waals surface area contributed by atoms with Crippen molar-refractivity contribution in [3.05, 3.63) is 83.2 Å².